The van der Waals surface area contributed by atoms with E-state index in [2.05, 4.69) is 179 Å². The molecule has 0 saturated carbocycles. The molecule has 0 radical (unpaired) electrons. The normalized spacial score (nSPS) is 13.2. The summed E-state index contributed by atoms with van der Waals surface area (Å²) in [6, 6.07) is 0. The molecule has 0 fully saturated rings. The van der Waals surface area contributed by atoms with Crippen LogP contribution in [0, 0.1) is 0 Å². The first-order chi connectivity index (χ1) is 41.0. The van der Waals surface area contributed by atoms with Gasteiger partial charge in [0.1, 0.15) is 13.2 Å². The maximum absolute atomic E-state index is 12.9. The van der Waals surface area contributed by atoms with Crippen molar-refractivity contribution in [2.75, 3.05) is 13.2 Å². The van der Waals surface area contributed by atoms with Crippen molar-refractivity contribution in [3.8, 4) is 0 Å². The third kappa shape index (κ3) is 67.4. The molecule has 0 aromatic heterocycles. The quantitative estimate of drug-likeness (QED) is 0.0261. The number of allylic oxidation sites excluding steroid dienone is 27. The lowest BCUT2D eigenvalue weighted by Gasteiger charge is -2.18. The Bertz CT molecular complexity index is 1890. The maximum atomic E-state index is 12.9. The summed E-state index contributed by atoms with van der Waals surface area (Å²) < 4.78 is 16.8. The molecule has 0 bridgehead atoms. The van der Waals surface area contributed by atoms with Gasteiger partial charge in [-0.2, -0.15) is 0 Å². The molecule has 0 saturated heterocycles. The van der Waals surface area contributed by atoms with Gasteiger partial charge in [-0.1, -0.05) is 319 Å². The van der Waals surface area contributed by atoms with Crippen molar-refractivity contribution in [1.29, 1.82) is 0 Å². The van der Waals surface area contributed by atoms with Gasteiger partial charge in [-0.05, 0) is 109 Å². The molecule has 6 nitrogen and oxygen atoms in total. The second kappa shape index (κ2) is 69.3. The van der Waals surface area contributed by atoms with Crippen LogP contribution in [0.25, 0.3) is 0 Å². The summed E-state index contributed by atoms with van der Waals surface area (Å²) in [5, 5.41) is 0. The van der Waals surface area contributed by atoms with Crippen molar-refractivity contribution in [3.05, 3.63) is 170 Å². The predicted molar refractivity (Wildman–Crippen MR) is 361 cm³/mol. The van der Waals surface area contributed by atoms with E-state index in [1.807, 2.05) is 6.08 Å². The zero-order valence-electron chi connectivity index (χ0n) is 53.4. The molecule has 0 aliphatic heterocycles. The molecule has 0 rings (SSSR count). The molecule has 0 N–H and O–H groups in total. The SMILES string of the molecule is CC/C=C\C/C=C\C/C=C\C/C=C\C/C=C\C/C=C\C/C=C\C/C=C\C/C=C\CCCC(=O)OCC(COC(=O)C/C=C\C/C=C\C/C=C\C/C=C\C/C=C\CC)OC(=O)CCCCCCCCCCCCCCCCCCCCCCC. The van der Waals surface area contributed by atoms with Gasteiger partial charge in [0.25, 0.3) is 0 Å². The molecule has 0 heterocycles. The van der Waals surface area contributed by atoms with Gasteiger partial charge < -0.3 is 14.2 Å². The zero-order valence-corrected chi connectivity index (χ0v) is 53.4. The van der Waals surface area contributed by atoms with E-state index in [0.717, 1.165) is 116 Å². The minimum absolute atomic E-state index is 0.111. The molecule has 0 spiro atoms. The average molecular weight is 1140 g/mol. The number of carbonyl (C=O) groups excluding carboxylic acids is 3. The van der Waals surface area contributed by atoms with Crippen molar-refractivity contribution in [1.82, 2.24) is 0 Å². The first-order valence-electron chi connectivity index (χ1n) is 33.6. The van der Waals surface area contributed by atoms with Crippen LogP contribution >= 0.6 is 0 Å². The molecule has 466 valence electrons. The van der Waals surface area contributed by atoms with Crippen LogP contribution in [0.15, 0.2) is 170 Å². The first-order valence-corrected chi connectivity index (χ1v) is 33.6. The Kier molecular flexibility index (Phi) is 64.9. The molecule has 83 heavy (non-hydrogen) atoms. The van der Waals surface area contributed by atoms with E-state index < -0.39 is 12.1 Å². The van der Waals surface area contributed by atoms with Crippen LogP contribution in [-0.2, 0) is 28.6 Å². The maximum Gasteiger partial charge on any atom is 0.309 e. The number of esters is 3. The Morgan fingerprint density at radius 3 is 0.831 bits per heavy atom. The number of hydrogen-bond acceptors (Lipinski definition) is 6. The Balaban J connectivity index is 4.52. The molecule has 0 aliphatic carbocycles. The summed E-state index contributed by atoms with van der Waals surface area (Å²) in [4.78, 5) is 38.3. The van der Waals surface area contributed by atoms with Crippen LogP contribution in [0.2, 0.25) is 0 Å². The highest BCUT2D eigenvalue weighted by atomic mass is 16.6. The molecule has 0 amide bonds. The smallest absolute Gasteiger partial charge is 0.309 e. The summed E-state index contributed by atoms with van der Waals surface area (Å²) in [5.41, 5.74) is 0. The minimum Gasteiger partial charge on any atom is -0.462 e. The van der Waals surface area contributed by atoms with Gasteiger partial charge in [0.05, 0.1) is 6.42 Å². The van der Waals surface area contributed by atoms with E-state index in [4.69, 9.17) is 14.2 Å². The largest absolute Gasteiger partial charge is 0.462 e. The van der Waals surface area contributed by atoms with E-state index in [1.165, 1.54) is 116 Å². The van der Waals surface area contributed by atoms with Gasteiger partial charge in [-0.3, -0.25) is 14.4 Å². The minimum atomic E-state index is -0.850. The Morgan fingerprint density at radius 1 is 0.265 bits per heavy atom. The molecule has 1 atom stereocenters. The van der Waals surface area contributed by atoms with Crippen LogP contribution in [-0.4, -0.2) is 37.2 Å². The molecular weight excluding hydrogens is 1020 g/mol. The summed E-state index contributed by atoms with van der Waals surface area (Å²) >= 11 is 0. The zero-order chi connectivity index (χ0) is 59.9. The number of carbonyl (C=O) groups is 3. The van der Waals surface area contributed by atoms with E-state index in [1.54, 1.807) is 6.08 Å². The highest BCUT2D eigenvalue weighted by molar-refractivity contribution is 5.72. The van der Waals surface area contributed by atoms with E-state index in [-0.39, 0.29) is 38.0 Å². The summed E-state index contributed by atoms with van der Waals surface area (Å²) in [6.07, 6.45) is 103. The molecule has 0 aromatic rings. The fourth-order valence-corrected chi connectivity index (χ4v) is 8.81. The van der Waals surface area contributed by atoms with Crippen LogP contribution < -0.4 is 0 Å². The highest BCUT2D eigenvalue weighted by Gasteiger charge is 2.19. The van der Waals surface area contributed by atoms with Crippen LogP contribution in [0.5, 0.6) is 0 Å². The first kappa shape index (κ1) is 77.8. The highest BCUT2D eigenvalue weighted by Crippen LogP contribution is 2.16. The lowest BCUT2D eigenvalue weighted by Crippen LogP contribution is -2.30. The molecule has 0 aliphatic rings. The van der Waals surface area contributed by atoms with Crippen molar-refractivity contribution in [2.24, 2.45) is 0 Å². The van der Waals surface area contributed by atoms with Crippen LogP contribution in [0.1, 0.15) is 278 Å². The lowest BCUT2D eigenvalue weighted by molar-refractivity contribution is -0.166. The van der Waals surface area contributed by atoms with E-state index in [0.29, 0.717) is 12.8 Å². The van der Waals surface area contributed by atoms with E-state index in [9.17, 15) is 14.4 Å². The summed E-state index contributed by atoms with van der Waals surface area (Å²) in [5.74, 6) is -1.13. The van der Waals surface area contributed by atoms with Crippen molar-refractivity contribution >= 4 is 17.9 Å². The molecule has 1 unspecified atom stereocenters. The molecule has 6 heteroatoms. The van der Waals surface area contributed by atoms with Crippen LogP contribution in [0.3, 0.4) is 0 Å². The Labute approximate surface area is 511 Å². The standard InChI is InChI=1S/C77H122O6/c1-4-7-10-13-16-19-22-25-28-30-32-34-35-36-37-38-39-40-41-43-44-46-49-52-55-58-61-64-67-70-76(79)82-73-74(72-81-75(78)69-66-63-60-57-54-51-48-27-24-21-18-15-12-9-6-3)83-77(80)71-68-65-62-59-56-53-50-47-45-42-33-31-29-26-23-20-17-14-11-8-5-2/h7,9-10,12,16,18-19,21,25,27-28,32,34,36-37,39-40,43-44,48-49,52,54,57-58,61,63,66,74H,4-6,8,11,13-15,17,20,22-24,26,29-31,33,35,38,41-42,45-47,50-51,53,55-56,59-60,62,64-65,67-73H2,1-3H3/b10-7-,12-9-,19-16-,21-18-,28-25-,34-32-,37-36-,40-39-,44-43-,48-27-,52-49-,57-54-,61-58-,66-63-. The predicted octanol–water partition coefficient (Wildman–Crippen LogP) is 23.4. The lowest BCUT2D eigenvalue weighted by atomic mass is 10.0. The van der Waals surface area contributed by atoms with Gasteiger partial charge >= 0.3 is 17.9 Å². The van der Waals surface area contributed by atoms with Gasteiger partial charge in [0, 0.05) is 12.8 Å². The fraction of sp³-hybridized carbons (Fsp3) is 0.597. The third-order valence-electron chi connectivity index (χ3n) is 13.7. The number of hydrogen-bond donors (Lipinski definition) is 0. The summed E-state index contributed by atoms with van der Waals surface area (Å²) in [6.45, 7) is 6.29. The Morgan fingerprint density at radius 2 is 0.518 bits per heavy atom. The second-order valence-corrected chi connectivity index (χ2v) is 21.6. The number of ether oxygens (including phenoxy) is 3. The average Bonchev–Trinajstić information content (AvgIpc) is 3.49. The second-order valence-electron chi connectivity index (χ2n) is 21.6. The third-order valence-corrected chi connectivity index (χ3v) is 13.7. The van der Waals surface area contributed by atoms with Gasteiger partial charge in [-0.15, -0.1) is 0 Å². The topological polar surface area (TPSA) is 78.9 Å². The van der Waals surface area contributed by atoms with Crippen LogP contribution in [0.4, 0.5) is 0 Å². The van der Waals surface area contributed by atoms with Crippen molar-refractivity contribution in [3.63, 3.8) is 0 Å². The molecule has 0 aromatic carbocycles. The monoisotopic (exact) mass is 1140 g/mol. The fourth-order valence-electron chi connectivity index (χ4n) is 8.81. The number of unbranched alkanes of at least 4 members (excludes halogenated alkanes) is 21. The van der Waals surface area contributed by atoms with Crippen molar-refractivity contribution in [2.45, 2.75) is 284 Å². The Hall–Kier alpha value is -5.23. The van der Waals surface area contributed by atoms with Crippen molar-refractivity contribution < 1.29 is 28.6 Å². The number of rotatable bonds is 59. The summed E-state index contributed by atoms with van der Waals surface area (Å²) in [7, 11) is 0. The van der Waals surface area contributed by atoms with Gasteiger partial charge in [-0.25, -0.2) is 0 Å². The van der Waals surface area contributed by atoms with Gasteiger partial charge in [0.2, 0.25) is 0 Å². The van der Waals surface area contributed by atoms with Gasteiger partial charge in [0.15, 0.2) is 6.10 Å². The van der Waals surface area contributed by atoms with E-state index >= 15 is 0 Å². The molecular formula is C77H122O6.